The monoisotopic (exact) mass is 523 g/mol. The zero-order valence-electron chi connectivity index (χ0n) is 19.2. The first kappa shape index (κ1) is 25.2. The van der Waals surface area contributed by atoms with E-state index in [-0.39, 0.29) is 43.2 Å². The summed E-state index contributed by atoms with van der Waals surface area (Å²) in [4.78, 5) is 6.81. The molecular weight excluding hydrogens is 498 g/mol. The van der Waals surface area contributed by atoms with E-state index in [4.69, 9.17) is 0 Å². The van der Waals surface area contributed by atoms with Crippen LogP contribution in [-0.2, 0) is 0 Å². The maximum atomic E-state index is 13.7. The van der Waals surface area contributed by atoms with Crippen molar-refractivity contribution in [2.24, 2.45) is 0 Å². The van der Waals surface area contributed by atoms with Crippen molar-refractivity contribution in [3.05, 3.63) is 35.8 Å². The van der Waals surface area contributed by atoms with Crippen LogP contribution in [-0.4, -0.2) is 68.0 Å². The Morgan fingerprint density at radius 3 is 2.17 bits per heavy atom. The molecule has 13 heteroatoms. The highest BCUT2D eigenvalue weighted by Gasteiger charge is 2.61. The average molecular weight is 523 g/mol. The summed E-state index contributed by atoms with van der Waals surface area (Å²) in [6.45, 7) is 3.84. The van der Waals surface area contributed by atoms with Crippen LogP contribution in [0.15, 0.2) is 18.7 Å². The van der Waals surface area contributed by atoms with E-state index in [2.05, 4.69) is 16.7 Å². The standard InChI is InChI=1S/C23H25F8N5/c1-13(15-12-18-32-16(14-3-4-14)11-17(19(24)25)36(18)33-15)35-8-2-5-21(35)6-9-34(10-7-21)20(22(26,27)28)23(29,30)31/h11-12,14,19-20H,1-10H2. The lowest BCUT2D eigenvalue weighted by Gasteiger charge is -2.48. The van der Waals surface area contributed by atoms with Gasteiger partial charge in [-0.3, -0.25) is 4.90 Å². The summed E-state index contributed by atoms with van der Waals surface area (Å²) in [5, 5.41) is 4.31. The van der Waals surface area contributed by atoms with Gasteiger partial charge in [-0.05, 0) is 44.6 Å². The number of hydrogen-bond acceptors (Lipinski definition) is 4. The first-order chi connectivity index (χ1) is 16.8. The van der Waals surface area contributed by atoms with Crippen molar-refractivity contribution in [2.75, 3.05) is 19.6 Å². The zero-order valence-corrected chi connectivity index (χ0v) is 19.2. The van der Waals surface area contributed by atoms with Crippen LogP contribution in [0.4, 0.5) is 35.1 Å². The predicted molar refractivity (Wildman–Crippen MR) is 114 cm³/mol. The fourth-order valence-electron chi connectivity index (χ4n) is 5.72. The molecule has 198 valence electrons. The van der Waals surface area contributed by atoms with Gasteiger partial charge in [0.1, 0.15) is 11.4 Å². The SMILES string of the molecule is C=C(c1cc2nc(C3CC3)cc(C(F)F)n2n1)N1CCCC12CCN(C(C(F)(F)F)C(F)(F)F)CC2. The molecule has 0 bridgehead atoms. The zero-order chi connectivity index (χ0) is 26.0. The van der Waals surface area contributed by atoms with Crippen molar-refractivity contribution in [1.82, 2.24) is 24.4 Å². The third kappa shape index (κ3) is 4.43. The molecule has 36 heavy (non-hydrogen) atoms. The Balaban J connectivity index is 1.39. The summed E-state index contributed by atoms with van der Waals surface area (Å²) in [7, 11) is 0. The fraction of sp³-hybridized carbons (Fsp3) is 0.652. The molecule has 0 amide bonds. The Labute approximate surface area is 201 Å². The van der Waals surface area contributed by atoms with Gasteiger partial charge in [-0.15, -0.1) is 0 Å². The maximum absolute atomic E-state index is 13.7. The van der Waals surface area contributed by atoms with E-state index in [1.807, 2.05) is 4.90 Å². The number of aromatic nitrogens is 3. The van der Waals surface area contributed by atoms with Gasteiger partial charge in [0.25, 0.3) is 6.43 Å². The van der Waals surface area contributed by atoms with Gasteiger partial charge in [0, 0.05) is 42.9 Å². The van der Waals surface area contributed by atoms with Gasteiger partial charge < -0.3 is 4.90 Å². The maximum Gasteiger partial charge on any atom is 0.412 e. The van der Waals surface area contributed by atoms with Crippen molar-refractivity contribution in [3.8, 4) is 0 Å². The lowest BCUT2D eigenvalue weighted by molar-refractivity contribution is -0.290. The molecule has 1 aliphatic carbocycles. The number of rotatable bonds is 5. The highest BCUT2D eigenvalue weighted by molar-refractivity contribution is 5.64. The average Bonchev–Trinajstić information content (AvgIpc) is 3.41. The molecular formula is C23H25F8N5. The van der Waals surface area contributed by atoms with Gasteiger partial charge >= 0.3 is 12.4 Å². The minimum Gasteiger partial charge on any atom is -0.364 e. The third-order valence-corrected chi connectivity index (χ3v) is 7.63. The van der Waals surface area contributed by atoms with Crippen LogP contribution in [0.3, 0.4) is 0 Å². The fourth-order valence-corrected chi connectivity index (χ4v) is 5.72. The minimum atomic E-state index is -5.42. The summed E-state index contributed by atoms with van der Waals surface area (Å²) in [6.07, 6.45) is -10.4. The van der Waals surface area contributed by atoms with Crippen molar-refractivity contribution >= 4 is 11.3 Å². The Bertz CT molecular complexity index is 1130. The van der Waals surface area contributed by atoms with E-state index in [1.54, 1.807) is 6.07 Å². The number of halogens is 8. The number of alkyl halides is 8. The number of nitrogens with zero attached hydrogens (tertiary/aromatic N) is 5. The molecule has 1 saturated carbocycles. The molecule has 1 spiro atoms. The molecule has 2 aromatic rings. The van der Waals surface area contributed by atoms with E-state index < -0.39 is 30.4 Å². The lowest BCUT2D eigenvalue weighted by Crippen LogP contribution is -2.60. The van der Waals surface area contributed by atoms with Crippen LogP contribution < -0.4 is 0 Å². The summed E-state index contributed by atoms with van der Waals surface area (Å²) in [6, 6.07) is -0.581. The second kappa shape index (κ2) is 8.56. The molecule has 5 nitrogen and oxygen atoms in total. The molecule has 0 radical (unpaired) electrons. The first-order valence-corrected chi connectivity index (χ1v) is 11.8. The second-order valence-corrected chi connectivity index (χ2v) is 9.93. The van der Waals surface area contributed by atoms with Crippen LogP contribution in [0.2, 0.25) is 0 Å². The van der Waals surface area contributed by atoms with Gasteiger partial charge in [0.2, 0.25) is 6.04 Å². The van der Waals surface area contributed by atoms with E-state index in [0.717, 1.165) is 17.4 Å². The van der Waals surface area contributed by atoms with Gasteiger partial charge in [-0.2, -0.15) is 31.4 Å². The molecule has 0 unspecified atom stereocenters. The summed E-state index contributed by atoms with van der Waals surface area (Å²) >= 11 is 0. The second-order valence-electron chi connectivity index (χ2n) is 9.93. The van der Waals surface area contributed by atoms with Gasteiger partial charge in [-0.1, -0.05) is 6.58 Å². The molecule has 0 aromatic carbocycles. The first-order valence-electron chi connectivity index (χ1n) is 11.8. The van der Waals surface area contributed by atoms with Crippen molar-refractivity contribution in [2.45, 2.75) is 74.8 Å². The Kier molecular flexibility index (Phi) is 6.00. The highest BCUT2D eigenvalue weighted by atomic mass is 19.4. The molecule has 5 rings (SSSR count). The highest BCUT2D eigenvalue weighted by Crippen LogP contribution is 2.46. The number of likely N-dealkylation sites (tertiary alicyclic amines) is 2. The van der Waals surface area contributed by atoms with E-state index >= 15 is 0 Å². The molecule has 3 fully saturated rings. The van der Waals surface area contributed by atoms with Crippen molar-refractivity contribution in [1.29, 1.82) is 0 Å². The van der Waals surface area contributed by atoms with Crippen LogP contribution in [0.1, 0.15) is 68.0 Å². The summed E-state index contributed by atoms with van der Waals surface area (Å²) < 4.78 is 108. The van der Waals surface area contributed by atoms with E-state index in [9.17, 15) is 35.1 Å². The van der Waals surface area contributed by atoms with Crippen LogP contribution in [0, 0.1) is 0 Å². The third-order valence-electron chi connectivity index (χ3n) is 7.63. The Hall–Kier alpha value is -2.44. The predicted octanol–water partition coefficient (Wildman–Crippen LogP) is 5.94. The number of fused-ring (bicyclic) bond motifs is 1. The van der Waals surface area contributed by atoms with Crippen molar-refractivity contribution < 1.29 is 35.1 Å². The van der Waals surface area contributed by atoms with Crippen molar-refractivity contribution in [3.63, 3.8) is 0 Å². The van der Waals surface area contributed by atoms with Gasteiger partial charge in [0.15, 0.2) is 5.65 Å². The van der Waals surface area contributed by atoms with Crippen LogP contribution in [0.5, 0.6) is 0 Å². The van der Waals surface area contributed by atoms with E-state index in [0.29, 0.717) is 41.4 Å². The molecule has 0 N–H and O–H groups in total. The lowest BCUT2D eigenvalue weighted by atomic mass is 9.84. The molecule has 3 aliphatic rings. The van der Waals surface area contributed by atoms with Crippen LogP contribution >= 0.6 is 0 Å². The van der Waals surface area contributed by atoms with Gasteiger partial charge in [0.05, 0.1) is 5.70 Å². The minimum absolute atomic E-state index is 0.0917. The smallest absolute Gasteiger partial charge is 0.364 e. The van der Waals surface area contributed by atoms with E-state index in [1.165, 1.54) is 6.07 Å². The Morgan fingerprint density at radius 2 is 1.61 bits per heavy atom. The van der Waals surface area contributed by atoms with Gasteiger partial charge in [-0.25, -0.2) is 18.3 Å². The van der Waals surface area contributed by atoms with Crippen LogP contribution in [0.25, 0.3) is 11.3 Å². The normalized spacial score (nSPS) is 21.4. The number of piperidine rings is 1. The topological polar surface area (TPSA) is 36.7 Å². The summed E-state index contributed by atoms with van der Waals surface area (Å²) in [5.74, 6) is 0.151. The molecule has 2 aliphatic heterocycles. The quantitative estimate of drug-likeness (QED) is 0.455. The molecule has 0 atom stereocenters. The number of hydrogen-bond donors (Lipinski definition) is 0. The summed E-state index contributed by atoms with van der Waals surface area (Å²) in [5.41, 5.74) is 0.613. The Morgan fingerprint density at radius 1 is 0.972 bits per heavy atom. The largest absolute Gasteiger partial charge is 0.412 e. The molecule has 2 aromatic heterocycles. The molecule has 2 saturated heterocycles. The molecule has 4 heterocycles.